The summed E-state index contributed by atoms with van der Waals surface area (Å²) in [6.07, 6.45) is 2.51. The summed E-state index contributed by atoms with van der Waals surface area (Å²) in [5, 5.41) is 6.35. The second-order valence-electron chi connectivity index (χ2n) is 5.05. The molecule has 1 atom stereocenters. The van der Waals surface area contributed by atoms with Gasteiger partial charge in [0.2, 0.25) is 0 Å². The van der Waals surface area contributed by atoms with Crippen LogP contribution in [0.2, 0.25) is 0 Å². The van der Waals surface area contributed by atoms with Crippen molar-refractivity contribution in [3.63, 3.8) is 0 Å². The minimum atomic E-state index is 0.170. The molecule has 2 aromatic heterocycles. The van der Waals surface area contributed by atoms with Crippen molar-refractivity contribution in [2.75, 3.05) is 13.1 Å². The van der Waals surface area contributed by atoms with E-state index >= 15 is 0 Å². The fourth-order valence-electron chi connectivity index (χ4n) is 2.84. The summed E-state index contributed by atoms with van der Waals surface area (Å²) in [4.78, 5) is 14.4. The normalized spacial score (nSPS) is 20.2. The molecule has 0 bridgehead atoms. The second kappa shape index (κ2) is 5.61. The summed E-state index contributed by atoms with van der Waals surface area (Å²) in [7, 11) is 0. The number of nitrogens with zero attached hydrogens (tertiary/aromatic N) is 2. The molecule has 0 spiro atoms. The lowest BCUT2D eigenvalue weighted by atomic mass is 10.1. The first-order chi connectivity index (χ1) is 9.25. The Kier molecular flexibility index (Phi) is 3.86. The Bertz CT molecular complexity index is 585. The number of aromatic nitrogens is 1. The van der Waals surface area contributed by atoms with Gasteiger partial charge in [0, 0.05) is 30.2 Å². The smallest absolute Gasteiger partial charge is 0.302 e. The van der Waals surface area contributed by atoms with Gasteiger partial charge < -0.3 is 4.57 Å². The lowest BCUT2D eigenvalue weighted by Crippen LogP contribution is -2.29. The van der Waals surface area contributed by atoms with Gasteiger partial charge in [0.05, 0.1) is 0 Å². The number of aryl methyl sites for hydroxylation is 1. The molecule has 1 aliphatic rings. The monoisotopic (exact) mass is 294 g/mol. The molecular weight excluding hydrogens is 276 g/mol. The molecule has 19 heavy (non-hydrogen) atoms. The van der Waals surface area contributed by atoms with Gasteiger partial charge in [0.15, 0.2) is 0 Å². The molecule has 102 valence electrons. The van der Waals surface area contributed by atoms with Crippen molar-refractivity contribution < 1.29 is 0 Å². The standard InChI is InChI=1S/C14H18N2OS2/c1-11-9-19-14(17)16(11)7-6-15-5-2-3-13(15)12-4-8-18-10-12/h4,8-10,13H,2-3,5-7H2,1H3/t13-/m1/s1. The summed E-state index contributed by atoms with van der Waals surface area (Å²) < 4.78 is 1.90. The van der Waals surface area contributed by atoms with Crippen LogP contribution in [-0.4, -0.2) is 22.6 Å². The van der Waals surface area contributed by atoms with Gasteiger partial charge in [-0.3, -0.25) is 9.69 Å². The van der Waals surface area contributed by atoms with Gasteiger partial charge in [0.25, 0.3) is 0 Å². The molecule has 3 rings (SSSR count). The predicted octanol–water partition coefficient (Wildman–Crippen LogP) is 3.12. The van der Waals surface area contributed by atoms with Crippen LogP contribution in [0, 0.1) is 6.92 Å². The molecule has 5 heteroatoms. The zero-order chi connectivity index (χ0) is 13.2. The van der Waals surface area contributed by atoms with Crippen molar-refractivity contribution in [3.05, 3.63) is 43.1 Å². The van der Waals surface area contributed by atoms with Crippen LogP contribution >= 0.6 is 22.7 Å². The minimum absolute atomic E-state index is 0.170. The molecule has 1 aliphatic heterocycles. The van der Waals surface area contributed by atoms with Crippen LogP contribution in [0.3, 0.4) is 0 Å². The number of thiophene rings is 1. The predicted molar refractivity (Wildman–Crippen MR) is 81.2 cm³/mol. The topological polar surface area (TPSA) is 25.2 Å². The third kappa shape index (κ3) is 2.68. The van der Waals surface area contributed by atoms with E-state index in [9.17, 15) is 4.79 Å². The Balaban J connectivity index is 1.68. The van der Waals surface area contributed by atoms with E-state index in [1.54, 1.807) is 11.3 Å². The maximum atomic E-state index is 11.7. The minimum Gasteiger partial charge on any atom is -0.302 e. The fourth-order valence-corrected chi connectivity index (χ4v) is 4.31. The van der Waals surface area contributed by atoms with Crippen LogP contribution in [0.4, 0.5) is 0 Å². The van der Waals surface area contributed by atoms with E-state index in [1.165, 1.54) is 29.7 Å². The van der Waals surface area contributed by atoms with E-state index in [4.69, 9.17) is 0 Å². The summed E-state index contributed by atoms with van der Waals surface area (Å²) in [6.45, 7) is 4.95. The number of hydrogen-bond acceptors (Lipinski definition) is 4. The number of rotatable bonds is 4. The Morgan fingerprint density at radius 3 is 2.95 bits per heavy atom. The number of thiazole rings is 1. The fraction of sp³-hybridized carbons (Fsp3) is 0.500. The first-order valence-electron chi connectivity index (χ1n) is 6.67. The highest BCUT2D eigenvalue weighted by Gasteiger charge is 2.25. The molecule has 1 fully saturated rings. The summed E-state index contributed by atoms with van der Waals surface area (Å²) in [5.41, 5.74) is 2.53. The third-order valence-corrected chi connectivity index (χ3v) is 5.46. The zero-order valence-electron chi connectivity index (χ0n) is 11.0. The van der Waals surface area contributed by atoms with Gasteiger partial charge >= 0.3 is 4.87 Å². The summed E-state index contributed by atoms with van der Waals surface area (Å²) in [6, 6.07) is 2.79. The van der Waals surface area contributed by atoms with Crippen LogP contribution in [0.1, 0.15) is 30.1 Å². The highest BCUT2D eigenvalue weighted by Crippen LogP contribution is 2.32. The van der Waals surface area contributed by atoms with Crippen LogP contribution in [0.25, 0.3) is 0 Å². The average Bonchev–Trinajstić information content (AvgIpc) is 3.09. The Hall–Kier alpha value is -0.910. The molecule has 0 aliphatic carbocycles. The number of likely N-dealkylation sites (tertiary alicyclic amines) is 1. The zero-order valence-corrected chi connectivity index (χ0v) is 12.7. The van der Waals surface area contributed by atoms with E-state index in [0.29, 0.717) is 6.04 Å². The van der Waals surface area contributed by atoms with Crippen molar-refractivity contribution in [2.24, 2.45) is 0 Å². The van der Waals surface area contributed by atoms with E-state index in [1.807, 2.05) is 16.9 Å². The van der Waals surface area contributed by atoms with Crippen molar-refractivity contribution in [3.8, 4) is 0 Å². The first kappa shape index (κ1) is 13.1. The van der Waals surface area contributed by atoms with Crippen LogP contribution in [0.15, 0.2) is 27.0 Å². The Labute approximate surface area is 121 Å². The lowest BCUT2D eigenvalue weighted by Gasteiger charge is -2.24. The van der Waals surface area contributed by atoms with Crippen molar-refractivity contribution >= 4 is 22.7 Å². The molecule has 0 N–H and O–H groups in total. The first-order valence-corrected chi connectivity index (χ1v) is 8.49. The molecule has 0 amide bonds. The van der Waals surface area contributed by atoms with Crippen LogP contribution in [0.5, 0.6) is 0 Å². The quantitative estimate of drug-likeness (QED) is 0.865. The maximum absolute atomic E-state index is 11.7. The highest BCUT2D eigenvalue weighted by molar-refractivity contribution is 7.08. The van der Waals surface area contributed by atoms with Crippen molar-refractivity contribution in [2.45, 2.75) is 32.4 Å². The molecule has 3 heterocycles. The van der Waals surface area contributed by atoms with Crippen molar-refractivity contribution in [1.29, 1.82) is 0 Å². The van der Waals surface area contributed by atoms with Crippen LogP contribution in [-0.2, 0) is 6.54 Å². The Morgan fingerprint density at radius 1 is 1.37 bits per heavy atom. The molecule has 2 aromatic rings. The van der Waals surface area contributed by atoms with Crippen LogP contribution < -0.4 is 4.87 Å². The van der Waals surface area contributed by atoms with Gasteiger partial charge in [-0.2, -0.15) is 11.3 Å². The molecular formula is C14H18N2OS2. The lowest BCUT2D eigenvalue weighted by molar-refractivity contribution is 0.246. The molecule has 3 nitrogen and oxygen atoms in total. The van der Waals surface area contributed by atoms with E-state index in [0.717, 1.165) is 25.3 Å². The molecule has 1 saturated heterocycles. The van der Waals surface area contributed by atoms with E-state index < -0.39 is 0 Å². The van der Waals surface area contributed by atoms with Gasteiger partial charge in [-0.1, -0.05) is 11.3 Å². The van der Waals surface area contributed by atoms with Gasteiger partial charge in [-0.05, 0) is 48.7 Å². The third-order valence-electron chi connectivity index (χ3n) is 3.88. The van der Waals surface area contributed by atoms with Gasteiger partial charge in [-0.25, -0.2) is 0 Å². The average molecular weight is 294 g/mol. The maximum Gasteiger partial charge on any atom is 0.307 e. The highest BCUT2D eigenvalue weighted by atomic mass is 32.1. The van der Waals surface area contributed by atoms with Crippen molar-refractivity contribution in [1.82, 2.24) is 9.47 Å². The van der Waals surface area contributed by atoms with Gasteiger partial charge in [-0.15, -0.1) is 0 Å². The van der Waals surface area contributed by atoms with E-state index in [2.05, 4.69) is 21.7 Å². The molecule has 0 saturated carbocycles. The number of hydrogen-bond donors (Lipinski definition) is 0. The van der Waals surface area contributed by atoms with E-state index in [-0.39, 0.29) is 4.87 Å². The summed E-state index contributed by atoms with van der Waals surface area (Å²) >= 11 is 3.07. The molecule has 0 aromatic carbocycles. The molecule has 0 unspecified atom stereocenters. The SMILES string of the molecule is Cc1csc(=O)n1CCN1CCC[C@@H]1c1ccsc1. The summed E-state index contributed by atoms with van der Waals surface area (Å²) in [5.74, 6) is 0. The Morgan fingerprint density at radius 2 is 2.26 bits per heavy atom. The molecule has 0 radical (unpaired) electrons. The van der Waals surface area contributed by atoms with Gasteiger partial charge in [0.1, 0.15) is 0 Å². The largest absolute Gasteiger partial charge is 0.307 e. The second-order valence-corrected chi connectivity index (χ2v) is 6.65.